The average molecular weight is 284 g/mol. The van der Waals surface area contributed by atoms with E-state index in [0.29, 0.717) is 22.9 Å². The number of anilines is 1. The number of carbonyl (C=O) groups is 1. The molecule has 0 aromatic heterocycles. The molecule has 0 spiro atoms. The molecule has 1 unspecified atom stereocenters. The number of benzene rings is 1. The number of carbonyl (C=O) groups excluding carboxylic acids is 1. The molecule has 0 saturated carbocycles. The highest BCUT2D eigenvalue weighted by atomic mass is 16.5. The van der Waals surface area contributed by atoms with Crippen LogP contribution in [0.4, 0.5) is 10.5 Å². The van der Waals surface area contributed by atoms with Gasteiger partial charge in [0.2, 0.25) is 5.75 Å². The molecule has 0 aliphatic heterocycles. The zero-order valence-corrected chi connectivity index (χ0v) is 12.0. The molecular formula is C13H20N2O5. The minimum atomic E-state index is -0.610. The van der Waals surface area contributed by atoms with Crippen molar-refractivity contribution in [2.24, 2.45) is 0 Å². The van der Waals surface area contributed by atoms with Gasteiger partial charge in [-0.15, -0.1) is 0 Å². The maximum Gasteiger partial charge on any atom is 0.319 e. The minimum Gasteiger partial charge on any atom is -0.493 e. The number of amides is 2. The van der Waals surface area contributed by atoms with Gasteiger partial charge in [-0.2, -0.15) is 0 Å². The molecule has 1 aromatic carbocycles. The van der Waals surface area contributed by atoms with Crippen LogP contribution in [0.25, 0.3) is 0 Å². The van der Waals surface area contributed by atoms with Crippen LogP contribution in [0.1, 0.15) is 6.92 Å². The number of nitrogens with one attached hydrogen (secondary N) is 2. The van der Waals surface area contributed by atoms with Gasteiger partial charge in [0.1, 0.15) is 0 Å². The number of methoxy groups -OCH3 is 3. The quantitative estimate of drug-likeness (QED) is 0.730. The van der Waals surface area contributed by atoms with Crippen molar-refractivity contribution < 1.29 is 24.1 Å². The lowest BCUT2D eigenvalue weighted by atomic mass is 10.2. The van der Waals surface area contributed by atoms with Gasteiger partial charge in [0.25, 0.3) is 0 Å². The second-order valence-corrected chi connectivity index (χ2v) is 4.10. The van der Waals surface area contributed by atoms with Crippen LogP contribution in [0.3, 0.4) is 0 Å². The van der Waals surface area contributed by atoms with Crippen LogP contribution < -0.4 is 24.8 Å². The summed E-state index contributed by atoms with van der Waals surface area (Å²) in [5, 5.41) is 14.2. The molecule has 0 heterocycles. The van der Waals surface area contributed by atoms with Crippen molar-refractivity contribution in [1.29, 1.82) is 0 Å². The van der Waals surface area contributed by atoms with Crippen LogP contribution in [-0.2, 0) is 0 Å². The van der Waals surface area contributed by atoms with Crippen LogP contribution in [0, 0.1) is 0 Å². The highest BCUT2D eigenvalue weighted by Gasteiger charge is 2.14. The van der Waals surface area contributed by atoms with Gasteiger partial charge in [-0.25, -0.2) is 4.79 Å². The predicted molar refractivity (Wildman–Crippen MR) is 74.8 cm³/mol. The summed E-state index contributed by atoms with van der Waals surface area (Å²) in [5.74, 6) is 1.33. The van der Waals surface area contributed by atoms with E-state index >= 15 is 0 Å². The maximum atomic E-state index is 11.6. The van der Waals surface area contributed by atoms with Gasteiger partial charge in [-0.1, -0.05) is 0 Å². The zero-order chi connectivity index (χ0) is 15.1. The first kappa shape index (κ1) is 15.9. The Hall–Kier alpha value is -2.15. The Kier molecular flexibility index (Phi) is 5.92. The van der Waals surface area contributed by atoms with E-state index in [0.717, 1.165) is 0 Å². The smallest absolute Gasteiger partial charge is 0.319 e. The lowest BCUT2D eigenvalue weighted by molar-refractivity contribution is 0.190. The number of rotatable bonds is 6. The number of aliphatic hydroxyl groups excluding tert-OH is 1. The van der Waals surface area contributed by atoms with E-state index in [9.17, 15) is 4.79 Å². The van der Waals surface area contributed by atoms with Crippen molar-refractivity contribution in [3.8, 4) is 17.2 Å². The first-order valence-corrected chi connectivity index (χ1v) is 6.04. The highest BCUT2D eigenvalue weighted by molar-refractivity contribution is 5.90. The van der Waals surface area contributed by atoms with Gasteiger partial charge >= 0.3 is 6.03 Å². The Morgan fingerprint density at radius 2 is 1.75 bits per heavy atom. The van der Waals surface area contributed by atoms with Crippen molar-refractivity contribution in [2.45, 2.75) is 13.0 Å². The second kappa shape index (κ2) is 7.44. The van der Waals surface area contributed by atoms with E-state index in [1.807, 2.05) is 0 Å². The van der Waals surface area contributed by atoms with E-state index < -0.39 is 12.1 Å². The molecule has 2 amide bonds. The summed E-state index contributed by atoms with van der Waals surface area (Å²) in [7, 11) is 4.49. The molecule has 1 aromatic rings. The monoisotopic (exact) mass is 284 g/mol. The molecule has 112 valence electrons. The molecule has 0 radical (unpaired) electrons. The largest absolute Gasteiger partial charge is 0.493 e. The first-order chi connectivity index (χ1) is 9.51. The summed E-state index contributed by atoms with van der Waals surface area (Å²) in [6.45, 7) is 1.75. The summed E-state index contributed by atoms with van der Waals surface area (Å²) >= 11 is 0. The second-order valence-electron chi connectivity index (χ2n) is 4.10. The van der Waals surface area contributed by atoms with Crippen LogP contribution in [0.15, 0.2) is 12.1 Å². The molecular weight excluding hydrogens is 264 g/mol. The van der Waals surface area contributed by atoms with Crippen LogP contribution in [0.5, 0.6) is 17.2 Å². The van der Waals surface area contributed by atoms with Crippen LogP contribution >= 0.6 is 0 Å². The lowest BCUT2D eigenvalue weighted by Crippen LogP contribution is -2.34. The van der Waals surface area contributed by atoms with Gasteiger partial charge in [-0.3, -0.25) is 0 Å². The van der Waals surface area contributed by atoms with E-state index in [-0.39, 0.29) is 6.54 Å². The molecule has 0 aliphatic rings. The molecule has 0 saturated heterocycles. The fourth-order valence-corrected chi connectivity index (χ4v) is 1.57. The predicted octanol–water partition coefficient (Wildman–Crippen LogP) is 1.21. The maximum absolute atomic E-state index is 11.6. The highest BCUT2D eigenvalue weighted by Crippen LogP contribution is 2.39. The Morgan fingerprint density at radius 1 is 1.20 bits per heavy atom. The Bertz CT molecular complexity index is 437. The topological polar surface area (TPSA) is 89.1 Å². The van der Waals surface area contributed by atoms with Gasteiger partial charge < -0.3 is 30.0 Å². The molecule has 7 nitrogen and oxygen atoms in total. The summed E-state index contributed by atoms with van der Waals surface area (Å²) in [6, 6.07) is 2.80. The molecule has 3 N–H and O–H groups in total. The number of urea groups is 1. The minimum absolute atomic E-state index is 0.163. The summed E-state index contributed by atoms with van der Waals surface area (Å²) in [6.07, 6.45) is -0.610. The SMILES string of the molecule is COc1cc(NC(=O)NCC(C)O)cc(OC)c1OC. The Labute approximate surface area is 117 Å². The molecule has 0 bridgehead atoms. The van der Waals surface area contributed by atoms with Crippen molar-refractivity contribution in [2.75, 3.05) is 33.2 Å². The van der Waals surface area contributed by atoms with Crippen molar-refractivity contribution in [1.82, 2.24) is 5.32 Å². The standard InChI is InChI=1S/C13H20N2O5/c1-8(16)7-14-13(17)15-9-5-10(18-2)12(20-4)11(6-9)19-3/h5-6,8,16H,7H2,1-4H3,(H2,14,15,17). The number of hydrogen-bond acceptors (Lipinski definition) is 5. The lowest BCUT2D eigenvalue weighted by Gasteiger charge is -2.15. The van der Waals surface area contributed by atoms with Crippen molar-refractivity contribution >= 4 is 11.7 Å². The molecule has 0 fully saturated rings. The van der Waals surface area contributed by atoms with Crippen LogP contribution in [0.2, 0.25) is 0 Å². The normalized spacial score (nSPS) is 11.4. The molecule has 1 atom stereocenters. The van der Waals surface area contributed by atoms with Gasteiger partial charge in [0.05, 0.1) is 33.1 Å². The van der Waals surface area contributed by atoms with Crippen molar-refractivity contribution in [3.63, 3.8) is 0 Å². The Balaban J connectivity index is 2.88. The Morgan fingerprint density at radius 3 is 2.15 bits per heavy atom. The fraction of sp³-hybridized carbons (Fsp3) is 0.462. The van der Waals surface area contributed by atoms with E-state index in [4.69, 9.17) is 19.3 Å². The van der Waals surface area contributed by atoms with E-state index in [1.165, 1.54) is 21.3 Å². The number of hydrogen-bond donors (Lipinski definition) is 3. The fourth-order valence-electron chi connectivity index (χ4n) is 1.57. The number of aliphatic hydroxyl groups is 1. The van der Waals surface area contributed by atoms with E-state index in [1.54, 1.807) is 19.1 Å². The molecule has 7 heteroatoms. The summed E-state index contributed by atoms with van der Waals surface area (Å²) in [5.41, 5.74) is 0.489. The number of ether oxygens (including phenoxy) is 3. The molecule has 1 rings (SSSR count). The third-order valence-electron chi connectivity index (χ3n) is 2.48. The third-order valence-corrected chi connectivity index (χ3v) is 2.48. The first-order valence-electron chi connectivity index (χ1n) is 6.04. The van der Waals surface area contributed by atoms with Crippen molar-refractivity contribution in [3.05, 3.63) is 12.1 Å². The summed E-state index contributed by atoms with van der Waals surface area (Å²) < 4.78 is 15.6. The van der Waals surface area contributed by atoms with Gasteiger partial charge in [-0.05, 0) is 6.92 Å². The van der Waals surface area contributed by atoms with Crippen LogP contribution in [-0.4, -0.2) is 45.1 Å². The van der Waals surface area contributed by atoms with E-state index in [2.05, 4.69) is 10.6 Å². The third kappa shape index (κ3) is 4.20. The summed E-state index contributed by atoms with van der Waals surface area (Å²) in [4.78, 5) is 11.6. The molecule has 20 heavy (non-hydrogen) atoms. The molecule has 0 aliphatic carbocycles. The van der Waals surface area contributed by atoms with Gasteiger partial charge in [0.15, 0.2) is 11.5 Å². The van der Waals surface area contributed by atoms with Gasteiger partial charge in [0, 0.05) is 18.7 Å². The zero-order valence-electron chi connectivity index (χ0n) is 12.0. The average Bonchev–Trinajstić information content (AvgIpc) is 2.43.